The van der Waals surface area contributed by atoms with E-state index in [-0.39, 0.29) is 17.7 Å². The number of likely N-dealkylation sites (tertiary alicyclic amines) is 2. The highest BCUT2D eigenvalue weighted by molar-refractivity contribution is 5.94. The summed E-state index contributed by atoms with van der Waals surface area (Å²) in [4.78, 5) is 39.9. The van der Waals surface area contributed by atoms with Gasteiger partial charge in [0.25, 0.3) is 5.91 Å². The summed E-state index contributed by atoms with van der Waals surface area (Å²) in [5.41, 5.74) is 0.746. The van der Waals surface area contributed by atoms with Crippen LogP contribution in [0.4, 0.5) is 0 Å². The second-order valence-corrected chi connectivity index (χ2v) is 7.83. The molecule has 1 N–H and O–H groups in total. The Bertz CT molecular complexity index is 669. The van der Waals surface area contributed by atoms with Crippen molar-refractivity contribution >= 4 is 17.7 Å². The van der Waals surface area contributed by atoms with Crippen molar-refractivity contribution in [3.05, 3.63) is 35.9 Å². The van der Waals surface area contributed by atoms with Crippen molar-refractivity contribution in [2.24, 2.45) is 5.92 Å². The fourth-order valence-electron chi connectivity index (χ4n) is 4.05. The standard InChI is InChI=1S/C22H31N3O3/c26-20(23-13-5-15-24-14-4-8-21(24)27)10-9-18-11-16-25(17-12-18)22(28)19-6-2-1-3-7-19/h1-3,6-7,18H,4-5,8-17H2,(H,23,26). The van der Waals surface area contributed by atoms with E-state index in [1.54, 1.807) is 0 Å². The lowest BCUT2D eigenvalue weighted by Gasteiger charge is -2.32. The van der Waals surface area contributed by atoms with E-state index in [1.165, 1.54) is 0 Å². The molecular weight excluding hydrogens is 354 g/mol. The fourth-order valence-corrected chi connectivity index (χ4v) is 4.05. The van der Waals surface area contributed by atoms with Crippen LogP contribution in [0.5, 0.6) is 0 Å². The first-order chi connectivity index (χ1) is 13.6. The highest BCUT2D eigenvalue weighted by Crippen LogP contribution is 2.23. The van der Waals surface area contributed by atoms with E-state index in [0.29, 0.717) is 25.3 Å². The van der Waals surface area contributed by atoms with Gasteiger partial charge in [0, 0.05) is 51.1 Å². The third-order valence-corrected chi connectivity index (χ3v) is 5.80. The summed E-state index contributed by atoms with van der Waals surface area (Å²) >= 11 is 0. The quantitative estimate of drug-likeness (QED) is 0.699. The van der Waals surface area contributed by atoms with Gasteiger partial charge in [0.05, 0.1) is 0 Å². The smallest absolute Gasteiger partial charge is 0.253 e. The van der Waals surface area contributed by atoms with E-state index < -0.39 is 0 Å². The minimum atomic E-state index is 0.0931. The van der Waals surface area contributed by atoms with E-state index in [9.17, 15) is 14.4 Å². The average molecular weight is 386 g/mol. The highest BCUT2D eigenvalue weighted by atomic mass is 16.2. The van der Waals surface area contributed by atoms with Crippen LogP contribution in [0.2, 0.25) is 0 Å². The van der Waals surface area contributed by atoms with E-state index in [1.807, 2.05) is 40.1 Å². The Labute approximate surface area is 167 Å². The molecule has 2 aliphatic heterocycles. The second-order valence-electron chi connectivity index (χ2n) is 7.83. The first-order valence-corrected chi connectivity index (χ1v) is 10.5. The lowest BCUT2D eigenvalue weighted by Crippen LogP contribution is -2.38. The molecule has 2 heterocycles. The summed E-state index contributed by atoms with van der Waals surface area (Å²) in [6.07, 6.45) is 5.79. The maximum atomic E-state index is 12.5. The molecule has 0 aromatic heterocycles. The van der Waals surface area contributed by atoms with Gasteiger partial charge in [-0.05, 0) is 50.2 Å². The summed E-state index contributed by atoms with van der Waals surface area (Å²) in [7, 11) is 0. The molecule has 2 aliphatic rings. The van der Waals surface area contributed by atoms with Crippen molar-refractivity contribution in [2.75, 3.05) is 32.7 Å². The van der Waals surface area contributed by atoms with Crippen molar-refractivity contribution in [2.45, 2.75) is 44.9 Å². The first-order valence-electron chi connectivity index (χ1n) is 10.5. The average Bonchev–Trinajstić information content (AvgIpc) is 3.15. The Balaban J connectivity index is 1.27. The molecule has 28 heavy (non-hydrogen) atoms. The third-order valence-electron chi connectivity index (χ3n) is 5.80. The Kier molecular flexibility index (Phi) is 7.46. The van der Waals surface area contributed by atoms with Crippen molar-refractivity contribution in [3.63, 3.8) is 0 Å². The van der Waals surface area contributed by atoms with Crippen LogP contribution in [0, 0.1) is 5.92 Å². The molecule has 0 atom stereocenters. The zero-order valence-corrected chi connectivity index (χ0v) is 16.6. The van der Waals surface area contributed by atoms with Gasteiger partial charge in [-0.25, -0.2) is 0 Å². The molecule has 0 spiro atoms. The molecule has 3 rings (SSSR count). The maximum Gasteiger partial charge on any atom is 0.253 e. The summed E-state index contributed by atoms with van der Waals surface area (Å²) < 4.78 is 0. The number of hydrogen-bond donors (Lipinski definition) is 1. The monoisotopic (exact) mass is 385 g/mol. The van der Waals surface area contributed by atoms with E-state index in [0.717, 1.165) is 63.8 Å². The molecule has 0 saturated carbocycles. The van der Waals surface area contributed by atoms with E-state index in [4.69, 9.17) is 0 Å². The van der Waals surface area contributed by atoms with Crippen molar-refractivity contribution in [3.8, 4) is 0 Å². The van der Waals surface area contributed by atoms with Crippen LogP contribution < -0.4 is 5.32 Å². The van der Waals surface area contributed by atoms with Gasteiger partial charge in [0.2, 0.25) is 11.8 Å². The number of rotatable bonds is 8. The molecule has 0 radical (unpaired) electrons. The van der Waals surface area contributed by atoms with Crippen LogP contribution in [0.15, 0.2) is 30.3 Å². The highest BCUT2D eigenvalue weighted by Gasteiger charge is 2.24. The largest absolute Gasteiger partial charge is 0.356 e. The van der Waals surface area contributed by atoms with Gasteiger partial charge in [-0.2, -0.15) is 0 Å². The molecule has 152 valence electrons. The minimum absolute atomic E-state index is 0.0931. The molecule has 3 amide bonds. The lowest BCUT2D eigenvalue weighted by molar-refractivity contribution is -0.127. The first kappa shape index (κ1) is 20.4. The van der Waals surface area contributed by atoms with Gasteiger partial charge in [-0.3, -0.25) is 14.4 Å². The maximum absolute atomic E-state index is 12.5. The molecular formula is C22H31N3O3. The Morgan fingerprint density at radius 1 is 1.07 bits per heavy atom. The minimum Gasteiger partial charge on any atom is -0.356 e. The van der Waals surface area contributed by atoms with E-state index in [2.05, 4.69) is 5.32 Å². The normalized spacial score (nSPS) is 17.8. The summed E-state index contributed by atoms with van der Waals surface area (Å²) in [6, 6.07) is 9.42. The van der Waals surface area contributed by atoms with Gasteiger partial charge in [-0.1, -0.05) is 18.2 Å². The molecule has 0 unspecified atom stereocenters. The molecule has 6 nitrogen and oxygen atoms in total. The number of carbonyl (C=O) groups is 3. The van der Waals surface area contributed by atoms with Gasteiger partial charge in [-0.15, -0.1) is 0 Å². The van der Waals surface area contributed by atoms with Gasteiger partial charge < -0.3 is 15.1 Å². The number of carbonyl (C=O) groups excluding carboxylic acids is 3. The predicted molar refractivity (Wildman–Crippen MR) is 108 cm³/mol. The molecule has 1 aromatic rings. The van der Waals surface area contributed by atoms with Crippen LogP contribution in [0.25, 0.3) is 0 Å². The topological polar surface area (TPSA) is 69.7 Å². The number of piperidine rings is 1. The van der Waals surface area contributed by atoms with Crippen LogP contribution in [-0.4, -0.2) is 60.2 Å². The Morgan fingerprint density at radius 2 is 1.82 bits per heavy atom. The summed E-state index contributed by atoms with van der Waals surface area (Å²) in [6.45, 7) is 3.77. The molecule has 2 fully saturated rings. The molecule has 0 aliphatic carbocycles. The van der Waals surface area contributed by atoms with Crippen LogP contribution in [0.1, 0.15) is 55.3 Å². The Hall–Kier alpha value is -2.37. The molecule has 6 heteroatoms. The molecule has 2 saturated heterocycles. The zero-order chi connectivity index (χ0) is 19.8. The predicted octanol–water partition coefficient (Wildman–Crippen LogP) is 2.45. The second kappa shape index (κ2) is 10.2. The van der Waals surface area contributed by atoms with E-state index >= 15 is 0 Å². The zero-order valence-electron chi connectivity index (χ0n) is 16.6. The number of amides is 3. The van der Waals surface area contributed by atoms with Crippen molar-refractivity contribution < 1.29 is 14.4 Å². The number of hydrogen-bond acceptors (Lipinski definition) is 3. The van der Waals surface area contributed by atoms with Crippen LogP contribution >= 0.6 is 0 Å². The number of benzene rings is 1. The van der Waals surface area contributed by atoms with Crippen molar-refractivity contribution in [1.82, 2.24) is 15.1 Å². The van der Waals surface area contributed by atoms with Crippen LogP contribution in [0.3, 0.4) is 0 Å². The SMILES string of the molecule is O=C(CCC1CCN(C(=O)c2ccccc2)CC1)NCCCN1CCCC1=O. The lowest BCUT2D eigenvalue weighted by atomic mass is 9.91. The molecule has 0 bridgehead atoms. The Morgan fingerprint density at radius 3 is 2.50 bits per heavy atom. The summed E-state index contributed by atoms with van der Waals surface area (Å²) in [5.74, 6) is 0.944. The van der Waals surface area contributed by atoms with Gasteiger partial charge >= 0.3 is 0 Å². The summed E-state index contributed by atoms with van der Waals surface area (Å²) in [5, 5.41) is 2.97. The van der Waals surface area contributed by atoms with Gasteiger partial charge in [0.15, 0.2) is 0 Å². The van der Waals surface area contributed by atoms with Gasteiger partial charge in [0.1, 0.15) is 0 Å². The third kappa shape index (κ3) is 5.81. The van der Waals surface area contributed by atoms with Crippen LogP contribution in [-0.2, 0) is 9.59 Å². The fraction of sp³-hybridized carbons (Fsp3) is 0.591. The van der Waals surface area contributed by atoms with Crippen molar-refractivity contribution in [1.29, 1.82) is 0 Å². The number of nitrogens with one attached hydrogen (secondary N) is 1. The molecule has 1 aromatic carbocycles. The number of nitrogens with zero attached hydrogens (tertiary/aromatic N) is 2.